The molecule has 1 unspecified atom stereocenters. The van der Waals surface area contributed by atoms with Gasteiger partial charge >= 0.3 is 0 Å². The first-order valence-electron chi connectivity index (χ1n) is 17.2. The van der Waals surface area contributed by atoms with Gasteiger partial charge in [0.25, 0.3) is 10.1 Å². The second-order valence-corrected chi connectivity index (χ2v) is 13.2. The molecule has 4 nitrogen and oxygen atoms in total. The summed E-state index contributed by atoms with van der Waals surface area (Å²) in [6.45, 7) is 18.8. The number of alkyl halides is 1. The first-order valence-corrected chi connectivity index (χ1v) is 18.6. The normalized spacial score (nSPS) is 12.8. The summed E-state index contributed by atoms with van der Waals surface area (Å²) in [6.07, 6.45) is 23.6. The summed E-state index contributed by atoms with van der Waals surface area (Å²) in [6, 6.07) is 0. The van der Waals surface area contributed by atoms with E-state index in [0.29, 0.717) is 12.8 Å². The summed E-state index contributed by atoms with van der Waals surface area (Å²) in [4.78, 5) is 0. The van der Waals surface area contributed by atoms with E-state index >= 15 is 0 Å². The topological polar surface area (TPSA) is 43.4 Å². The van der Waals surface area contributed by atoms with E-state index in [-0.39, 0.29) is 13.0 Å². The largest absolute Gasteiger partial charge is 0.325 e. The quantitative estimate of drug-likeness (QED) is 0.0525. The van der Waals surface area contributed by atoms with Crippen molar-refractivity contribution in [3.05, 3.63) is 0 Å². The zero-order chi connectivity index (χ0) is 29.7. The number of unbranched alkanes of at least 4 members (excludes halogenated alkanes) is 18. The van der Waals surface area contributed by atoms with Crippen LogP contribution in [0.5, 0.6) is 0 Å². The molecule has 0 aliphatic carbocycles. The SMILES string of the molecule is CCCCCCCCCCCCCCCCOS(=O)(=O)C(F)CCCCCCCC.CC[N+](CC)(CC)CC. The Bertz CT molecular complexity index is 564. The van der Waals surface area contributed by atoms with Gasteiger partial charge in [0.2, 0.25) is 5.50 Å². The second kappa shape index (κ2) is 29.3. The molecule has 0 radical (unpaired) electrons. The molecule has 0 amide bonds. The fourth-order valence-electron chi connectivity index (χ4n) is 5.12. The minimum absolute atomic E-state index is 0.0627. The maximum absolute atomic E-state index is 13.9. The monoisotopic (exact) mass is 581 g/mol. The van der Waals surface area contributed by atoms with Gasteiger partial charge in [-0.25, -0.2) is 4.39 Å². The van der Waals surface area contributed by atoms with E-state index in [1.54, 1.807) is 0 Å². The Kier molecular flexibility index (Phi) is 30.8. The summed E-state index contributed by atoms with van der Waals surface area (Å²) in [5.74, 6) is 0. The lowest BCUT2D eigenvalue weighted by Gasteiger charge is -2.34. The molecule has 0 fully saturated rings. The van der Waals surface area contributed by atoms with E-state index in [1.807, 2.05) is 0 Å². The van der Waals surface area contributed by atoms with Crippen molar-refractivity contribution in [2.45, 2.75) is 182 Å². The number of quaternary nitrogens is 1. The Morgan fingerprint density at radius 1 is 0.513 bits per heavy atom. The highest BCUT2D eigenvalue weighted by atomic mass is 32.2. The zero-order valence-corrected chi connectivity index (χ0v) is 28.2. The first-order chi connectivity index (χ1) is 18.8. The van der Waals surface area contributed by atoms with Crippen LogP contribution in [0.15, 0.2) is 0 Å². The van der Waals surface area contributed by atoms with E-state index in [4.69, 9.17) is 4.18 Å². The molecule has 0 aliphatic rings. The van der Waals surface area contributed by atoms with Crippen LogP contribution in [0.2, 0.25) is 0 Å². The molecule has 0 bridgehead atoms. The highest BCUT2D eigenvalue weighted by Gasteiger charge is 2.25. The smallest absolute Gasteiger partial charge is 0.299 e. The molecule has 0 spiro atoms. The van der Waals surface area contributed by atoms with Crippen LogP contribution in [0.3, 0.4) is 0 Å². The lowest BCUT2D eigenvalue weighted by Crippen LogP contribution is -2.47. The number of halogens is 1. The van der Waals surface area contributed by atoms with Gasteiger partial charge < -0.3 is 4.48 Å². The minimum Gasteiger partial charge on any atom is -0.325 e. The van der Waals surface area contributed by atoms with Crippen LogP contribution in [0.4, 0.5) is 4.39 Å². The Morgan fingerprint density at radius 3 is 1.13 bits per heavy atom. The molecule has 1 atom stereocenters. The van der Waals surface area contributed by atoms with E-state index in [2.05, 4.69) is 41.5 Å². The standard InChI is InChI=1S/C25H51FO3S.C8H20N/c1-3-5-7-9-11-12-13-14-15-16-17-18-20-22-24-29-30(27,28)25(26)23-21-19-10-8-6-4-2;1-5-9(6-2,7-3)8-4/h25H,3-24H2,1-2H3;5-8H2,1-4H3/q;+1. The molecule has 0 saturated carbocycles. The molecule has 39 heavy (non-hydrogen) atoms. The van der Waals surface area contributed by atoms with Crippen molar-refractivity contribution in [3.63, 3.8) is 0 Å². The molecule has 0 rings (SSSR count). The summed E-state index contributed by atoms with van der Waals surface area (Å²) in [5.41, 5.74) is -1.87. The fourth-order valence-corrected chi connectivity index (χ4v) is 6.07. The van der Waals surface area contributed by atoms with Gasteiger partial charge in [0, 0.05) is 0 Å². The lowest BCUT2D eigenvalue weighted by atomic mass is 10.0. The molecule has 0 aromatic rings. The van der Waals surface area contributed by atoms with Crippen molar-refractivity contribution in [2.75, 3.05) is 32.8 Å². The van der Waals surface area contributed by atoms with Gasteiger partial charge in [-0.3, -0.25) is 4.18 Å². The third-order valence-corrected chi connectivity index (χ3v) is 9.88. The molecule has 6 heteroatoms. The van der Waals surface area contributed by atoms with Crippen LogP contribution in [-0.4, -0.2) is 51.2 Å². The van der Waals surface area contributed by atoms with Gasteiger partial charge in [-0.15, -0.1) is 0 Å². The minimum atomic E-state index is -4.04. The van der Waals surface area contributed by atoms with Crippen LogP contribution < -0.4 is 0 Å². The van der Waals surface area contributed by atoms with Crippen molar-refractivity contribution in [3.8, 4) is 0 Å². The summed E-state index contributed by atoms with van der Waals surface area (Å²) in [7, 11) is -4.04. The van der Waals surface area contributed by atoms with Gasteiger partial charge in [-0.1, -0.05) is 129 Å². The van der Waals surface area contributed by atoms with Gasteiger partial charge in [0.1, 0.15) is 0 Å². The van der Waals surface area contributed by atoms with Crippen molar-refractivity contribution in [1.29, 1.82) is 0 Å². The average molecular weight is 581 g/mol. The number of hydrogen-bond acceptors (Lipinski definition) is 3. The molecule has 238 valence electrons. The van der Waals surface area contributed by atoms with Crippen LogP contribution in [0.25, 0.3) is 0 Å². The molecular weight excluding hydrogens is 509 g/mol. The van der Waals surface area contributed by atoms with Gasteiger partial charge in [-0.2, -0.15) is 8.42 Å². The third-order valence-electron chi connectivity index (χ3n) is 8.53. The molecule has 0 heterocycles. The molecule has 0 aliphatic heterocycles. The predicted octanol–water partition coefficient (Wildman–Crippen LogP) is 10.7. The van der Waals surface area contributed by atoms with Crippen LogP contribution in [-0.2, 0) is 14.3 Å². The molecular formula is C33H71FNO3S+. The van der Waals surface area contributed by atoms with Gasteiger partial charge in [0.15, 0.2) is 0 Å². The third kappa shape index (κ3) is 25.3. The fraction of sp³-hybridized carbons (Fsp3) is 1.00. The Hall–Kier alpha value is -0.200. The van der Waals surface area contributed by atoms with Crippen LogP contribution in [0, 0.1) is 0 Å². The maximum Gasteiger partial charge on any atom is 0.299 e. The summed E-state index contributed by atoms with van der Waals surface area (Å²) in [5, 5.41) is 0. The number of rotatable bonds is 28. The summed E-state index contributed by atoms with van der Waals surface area (Å²) < 4.78 is 43.8. The van der Waals surface area contributed by atoms with E-state index in [1.165, 1.54) is 114 Å². The molecule has 0 aromatic heterocycles. The van der Waals surface area contributed by atoms with Crippen molar-refractivity contribution >= 4 is 10.1 Å². The Morgan fingerprint density at radius 2 is 0.821 bits per heavy atom. The lowest BCUT2D eigenvalue weighted by molar-refractivity contribution is -0.921. The molecule has 0 N–H and O–H groups in total. The maximum atomic E-state index is 13.9. The van der Waals surface area contributed by atoms with E-state index in [0.717, 1.165) is 32.1 Å². The summed E-state index contributed by atoms with van der Waals surface area (Å²) >= 11 is 0. The van der Waals surface area contributed by atoms with E-state index in [9.17, 15) is 12.8 Å². The van der Waals surface area contributed by atoms with Gasteiger partial charge in [0.05, 0.1) is 32.8 Å². The number of hydrogen-bond donors (Lipinski definition) is 0. The Balaban J connectivity index is 0. The highest BCUT2D eigenvalue weighted by Crippen LogP contribution is 2.17. The second-order valence-electron chi connectivity index (χ2n) is 11.5. The average Bonchev–Trinajstić information content (AvgIpc) is 2.94. The highest BCUT2D eigenvalue weighted by molar-refractivity contribution is 7.87. The first kappa shape index (κ1) is 40.9. The van der Waals surface area contributed by atoms with Crippen molar-refractivity contribution in [2.24, 2.45) is 0 Å². The Labute approximate surface area is 246 Å². The van der Waals surface area contributed by atoms with Crippen molar-refractivity contribution < 1.29 is 21.5 Å². The number of nitrogens with zero attached hydrogens (tertiary/aromatic N) is 1. The van der Waals surface area contributed by atoms with Crippen molar-refractivity contribution in [1.82, 2.24) is 0 Å². The molecule has 0 aromatic carbocycles. The van der Waals surface area contributed by atoms with E-state index < -0.39 is 15.6 Å². The van der Waals surface area contributed by atoms with Crippen LogP contribution >= 0.6 is 0 Å². The zero-order valence-electron chi connectivity index (χ0n) is 27.4. The molecule has 0 saturated heterocycles. The predicted molar refractivity (Wildman–Crippen MR) is 170 cm³/mol. The van der Waals surface area contributed by atoms with Gasteiger partial charge in [-0.05, 0) is 47.0 Å². The van der Waals surface area contributed by atoms with Crippen LogP contribution in [0.1, 0.15) is 176 Å².